The molecule has 8 aromatic rings. The first-order valence-corrected chi connectivity index (χ1v) is 26.2. The third-order valence-electron chi connectivity index (χ3n) is 14.9. The topological polar surface area (TPSA) is 77.4 Å². The van der Waals surface area contributed by atoms with Gasteiger partial charge in [-0.1, -0.05) is 161 Å². The lowest BCUT2D eigenvalue weighted by atomic mass is 9.80. The van der Waals surface area contributed by atoms with Crippen LogP contribution in [0, 0.1) is 0 Å². The van der Waals surface area contributed by atoms with Crippen LogP contribution in [0.1, 0.15) is 131 Å². The van der Waals surface area contributed by atoms with E-state index in [1.54, 1.807) is 0 Å². The maximum Gasteiger partial charge on any atom is 0.141 e. The van der Waals surface area contributed by atoms with E-state index < -0.39 is 11.2 Å². The normalized spacial score (nSPS) is 14.4. The van der Waals surface area contributed by atoms with Gasteiger partial charge >= 0.3 is 0 Å². The van der Waals surface area contributed by atoms with Gasteiger partial charge in [-0.3, -0.25) is 0 Å². The summed E-state index contributed by atoms with van der Waals surface area (Å²) in [5.41, 5.74) is 14.3. The lowest BCUT2D eigenvalue weighted by Crippen LogP contribution is -2.27. The largest absolute Gasteiger partial charge is 0.493 e. The van der Waals surface area contributed by atoms with Crippen LogP contribution in [0.5, 0.6) is 23.0 Å². The summed E-state index contributed by atoms with van der Waals surface area (Å²) >= 11 is 0. The Morgan fingerprint density at radius 3 is 0.806 bits per heavy atom. The molecule has 0 amide bonds. The van der Waals surface area contributed by atoms with E-state index in [-0.39, 0.29) is 0 Å². The van der Waals surface area contributed by atoms with E-state index in [4.69, 9.17) is 18.9 Å². The number of hydrogen-bond acceptors (Lipinski definition) is 6. The Labute approximate surface area is 424 Å². The molecule has 0 saturated carbocycles. The standard InChI is InChI=1S/C66H64O6/c1-5-31-69-61-43-19-17-20-44(61)36-48-40-52(66(68)59-29-15-11-25-55(59)56-26-12-16-30-60(56)66)42-50(64(48)72-34-8-4)38-46-22-18-21-45(62(46)70-32-6-2)37-49-41-51(39-47(35-43)63(49)71-33-7-3)65(67)57-27-13-9-23-53(57)54-24-10-14-28-58(54)65/h9-30,39-42,67-68H,5-8,31-38H2,1-4H3. The molecular weight excluding hydrogens is 889 g/mol. The third kappa shape index (κ3) is 8.06. The molecule has 3 aliphatic rings. The first-order valence-electron chi connectivity index (χ1n) is 26.2. The third-order valence-corrected chi connectivity index (χ3v) is 14.9. The van der Waals surface area contributed by atoms with Gasteiger partial charge in [-0.2, -0.15) is 0 Å². The Morgan fingerprint density at radius 1 is 0.319 bits per heavy atom. The van der Waals surface area contributed by atoms with Gasteiger partial charge in [-0.25, -0.2) is 0 Å². The highest BCUT2D eigenvalue weighted by molar-refractivity contribution is 5.84. The van der Waals surface area contributed by atoms with Gasteiger partial charge in [-0.05, 0) is 128 Å². The lowest BCUT2D eigenvalue weighted by molar-refractivity contribution is 0.130. The van der Waals surface area contributed by atoms with Crippen LogP contribution in [0.4, 0.5) is 0 Å². The van der Waals surface area contributed by atoms with E-state index in [1.807, 2.05) is 24.3 Å². The quantitative estimate of drug-likeness (QED) is 0.113. The number of rotatable bonds is 14. The molecule has 0 fully saturated rings. The molecule has 11 rings (SSSR count). The van der Waals surface area contributed by atoms with E-state index in [9.17, 15) is 10.2 Å². The van der Waals surface area contributed by atoms with Crippen molar-refractivity contribution < 1.29 is 29.2 Å². The first-order chi connectivity index (χ1) is 35.3. The summed E-state index contributed by atoms with van der Waals surface area (Å²) < 4.78 is 27.7. The second-order valence-corrected chi connectivity index (χ2v) is 19.8. The first kappa shape index (κ1) is 47.2. The van der Waals surface area contributed by atoms with Crippen molar-refractivity contribution in [3.63, 3.8) is 0 Å². The summed E-state index contributed by atoms with van der Waals surface area (Å²) in [5, 5.41) is 27.1. The molecular formula is C66H64O6. The van der Waals surface area contributed by atoms with Crippen LogP contribution in [0.3, 0.4) is 0 Å². The second-order valence-electron chi connectivity index (χ2n) is 19.8. The Kier molecular flexibility index (Phi) is 13.0. The SMILES string of the molecule is CCCOc1c2cccc1Cc1cc(C3(O)c4ccccc4-c4ccccc43)cc(c1OCCC)Cc1cccc(c1OCCC)Cc1cc(C3(O)c4ccccc4-c4ccccc43)cc(c1OCCC)C2. The highest BCUT2D eigenvalue weighted by Gasteiger charge is 2.45. The Bertz CT molecular complexity index is 2910. The maximum absolute atomic E-state index is 13.5. The zero-order valence-electron chi connectivity index (χ0n) is 42.0. The molecule has 0 aromatic heterocycles. The van der Waals surface area contributed by atoms with Gasteiger partial charge < -0.3 is 29.2 Å². The van der Waals surface area contributed by atoms with Gasteiger partial charge in [0.25, 0.3) is 0 Å². The van der Waals surface area contributed by atoms with Crippen molar-refractivity contribution in [2.24, 2.45) is 0 Å². The molecule has 364 valence electrons. The van der Waals surface area contributed by atoms with E-state index in [0.717, 1.165) is 149 Å². The summed E-state index contributed by atoms with van der Waals surface area (Å²) in [7, 11) is 0. The molecule has 0 saturated heterocycles. The van der Waals surface area contributed by atoms with Crippen molar-refractivity contribution in [1.82, 2.24) is 0 Å². The maximum atomic E-state index is 13.5. The number of para-hydroxylation sites is 2. The molecule has 8 aromatic carbocycles. The Morgan fingerprint density at radius 2 is 0.556 bits per heavy atom. The monoisotopic (exact) mass is 952 g/mol. The molecule has 0 heterocycles. The van der Waals surface area contributed by atoms with Crippen LogP contribution in [0.15, 0.2) is 158 Å². The summed E-state index contributed by atoms with van der Waals surface area (Å²) in [6, 6.07) is 54.7. The molecule has 3 aliphatic carbocycles. The van der Waals surface area contributed by atoms with Crippen molar-refractivity contribution in [3.05, 3.63) is 236 Å². The number of hydrogen-bond donors (Lipinski definition) is 2. The van der Waals surface area contributed by atoms with E-state index in [2.05, 4.69) is 161 Å². The molecule has 0 radical (unpaired) electrons. The summed E-state index contributed by atoms with van der Waals surface area (Å²) in [4.78, 5) is 0. The number of fused-ring (bicyclic) bond motifs is 14. The highest BCUT2D eigenvalue weighted by atomic mass is 16.5. The zero-order valence-corrected chi connectivity index (χ0v) is 42.0. The summed E-state index contributed by atoms with van der Waals surface area (Å²) in [6.07, 6.45) is 5.29. The molecule has 0 unspecified atom stereocenters. The van der Waals surface area contributed by atoms with Gasteiger partial charge in [0, 0.05) is 47.9 Å². The van der Waals surface area contributed by atoms with E-state index in [1.165, 1.54) is 0 Å². The van der Waals surface area contributed by atoms with Crippen molar-refractivity contribution >= 4 is 0 Å². The van der Waals surface area contributed by atoms with Crippen LogP contribution in [-0.2, 0) is 36.9 Å². The summed E-state index contributed by atoms with van der Waals surface area (Å²) in [5.74, 6) is 3.31. The van der Waals surface area contributed by atoms with Crippen LogP contribution in [-0.4, -0.2) is 36.6 Å². The second kappa shape index (κ2) is 19.8. The average molecular weight is 953 g/mol. The highest BCUT2D eigenvalue weighted by Crippen LogP contribution is 2.54. The Hall–Kier alpha value is -7.12. The fourth-order valence-corrected chi connectivity index (χ4v) is 11.7. The van der Waals surface area contributed by atoms with E-state index >= 15 is 0 Å². The number of ether oxygens (including phenoxy) is 4. The predicted octanol–water partition coefficient (Wildman–Crippen LogP) is 14.0. The fourth-order valence-electron chi connectivity index (χ4n) is 11.7. The van der Waals surface area contributed by atoms with Gasteiger partial charge in [0.2, 0.25) is 0 Å². The van der Waals surface area contributed by atoms with Crippen LogP contribution >= 0.6 is 0 Å². The smallest absolute Gasteiger partial charge is 0.141 e. The molecule has 0 atom stereocenters. The molecule has 72 heavy (non-hydrogen) atoms. The van der Waals surface area contributed by atoms with Crippen molar-refractivity contribution in [1.29, 1.82) is 0 Å². The number of benzene rings is 8. The minimum atomic E-state index is -1.42. The Balaban J connectivity index is 1.18. The van der Waals surface area contributed by atoms with Crippen molar-refractivity contribution in [2.45, 2.75) is 90.3 Å². The summed E-state index contributed by atoms with van der Waals surface area (Å²) in [6.45, 7) is 10.7. The van der Waals surface area contributed by atoms with Crippen LogP contribution in [0.25, 0.3) is 22.3 Å². The van der Waals surface area contributed by atoms with Gasteiger partial charge in [0.1, 0.15) is 34.2 Å². The number of aliphatic hydroxyl groups is 2. The van der Waals surface area contributed by atoms with Gasteiger partial charge in [0.05, 0.1) is 26.4 Å². The lowest BCUT2D eigenvalue weighted by Gasteiger charge is -2.30. The molecule has 0 aliphatic heterocycles. The molecule has 0 spiro atoms. The zero-order chi connectivity index (χ0) is 49.4. The van der Waals surface area contributed by atoms with Gasteiger partial charge in [-0.15, -0.1) is 0 Å². The van der Waals surface area contributed by atoms with E-state index in [0.29, 0.717) is 52.1 Å². The average Bonchev–Trinajstić information content (AvgIpc) is 3.83. The minimum absolute atomic E-state index is 0.489. The molecule has 2 N–H and O–H groups in total. The minimum Gasteiger partial charge on any atom is -0.493 e. The van der Waals surface area contributed by atoms with Crippen LogP contribution in [0.2, 0.25) is 0 Å². The van der Waals surface area contributed by atoms with Crippen LogP contribution < -0.4 is 18.9 Å². The fraction of sp³-hybridized carbons (Fsp3) is 0.273. The van der Waals surface area contributed by atoms with Crippen molar-refractivity contribution in [3.8, 4) is 45.3 Å². The molecule has 6 nitrogen and oxygen atoms in total. The predicted molar refractivity (Wildman–Crippen MR) is 288 cm³/mol. The molecule has 6 heteroatoms. The van der Waals surface area contributed by atoms with Gasteiger partial charge in [0.15, 0.2) is 0 Å². The van der Waals surface area contributed by atoms with Crippen molar-refractivity contribution in [2.75, 3.05) is 26.4 Å². The molecule has 8 bridgehead atoms.